The molecule has 4 fully saturated rings. The van der Waals surface area contributed by atoms with Crippen molar-refractivity contribution in [2.24, 2.45) is 50.2 Å². The average molecular weight is 688 g/mol. The fraction of sp³-hybridized carbons (Fsp3) is 0.842. The number of aliphatic hydroxyl groups excluding tert-OH is 3. The van der Waals surface area contributed by atoms with Gasteiger partial charge in [-0.2, -0.15) is 0 Å². The van der Waals surface area contributed by atoms with Crippen molar-refractivity contribution in [2.45, 2.75) is 118 Å². The van der Waals surface area contributed by atoms with E-state index in [4.69, 9.17) is 4.74 Å². The maximum Gasteiger partial charge on any atom is 0.311 e. The van der Waals surface area contributed by atoms with Crippen LogP contribution in [0.25, 0.3) is 0 Å². The van der Waals surface area contributed by atoms with Crippen molar-refractivity contribution in [3.8, 4) is 0 Å². The predicted octanol–water partition coefficient (Wildman–Crippen LogP) is 3.00. The molecule has 276 valence electrons. The standard InChI is InChI=1S/C38H61N3O8/c1-23(43)41-21-29(45)39-17-8-18-40-31(47)38-15-13-33(2,32(48)49-7)19-25(38)24-9-10-28-34(3)20-26(44)30(46)35(4,22-42)27(34)11-12-37(28,6)36(24,5)14-16-38/h9,25-28,30,42,44,46H,8,10-22H2,1-7H3,(H,39,45)(H,40,47)(H,41,43)/t25?,26-,27?,28?,30-,33-,34-,35-,36+,37+,38-/m0/s1. The molecule has 5 aliphatic carbocycles. The molecule has 0 aromatic rings. The van der Waals surface area contributed by atoms with Gasteiger partial charge in [0.2, 0.25) is 17.7 Å². The Labute approximate surface area is 291 Å². The number of hydrogen-bond acceptors (Lipinski definition) is 8. The van der Waals surface area contributed by atoms with Gasteiger partial charge in [0.15, 0.2) is 0 Å². The van der Waals surface area contributed by atoms with Crippen molar-refractivity contribution in [2.75, 3.05) is 33.4 Å². The van der Waals surface area contributed by atoms with Crippen molar-refractivity contribution >= 4 is 23.7 Å². The smallest absolute Gasteiger partial charge is 0.311 e. The number of fused-ring (bicyclic) bond motifs is 7. The number of ether oxygens (including phenoxy) is 1. The van der Waals surface area contributed by atoms with Crippen LogP contribution < -0.4 is 16.0 Å². The topological polar surface area (TPSA) is 174 Å². The highest BCUT2D eigenvalue weighted by Crippen LogP contribution is 2.75. The first-order chi connectivity index (χ1) is 22.9. The molecule has 6 N–H and O–H groups in total. The summed E-state index contributed by atoms with van der Waals surface area (Å²) in [5.74, 6) is -0.670. The molecule has 0 radical (unpaired) electrons. The number of methoxy groups -OCH3 is 1. The Morgan fingerprint density at radius 2 is 1.57 bits per heavy atom. The van der Waals surface area contributed by atoms with Gasteiger partial charge in [-0.1, -0.05) is 39.3 Å². The molecule has 5 rings (SSSR count). The number of carbonyl (C=O) groups excluding carboxylic acids is 4. The van der Waals surface area contributed by atoms with E-state index in [1.807, 2.05) is 13.8 Å². The molecule has 11 atom stereocenters. The van der Waals surface area contributed by atoms with Crippen molar-refractivity contribution in [1.82, 2.24) is 16.0 Å². The van der Waals surface area contributed by atoms with E-state index >= 15 is 0 Å². The number of allylic oxidation sites excluding steroid dienone is 2. The lowest BCUT2D eigenvalue weighted by molar-refractivity contribution is -0.243. The van der Waals surface area contributed by atoms with E-state index < -0.39 is 28.5 Å². The maximum absolute atomic E-state index is 14.4. The van der Waals surface area contributed by atoms with Crippen LogP contribution in [0.5, 0.6) is 0 Å². The van der Waals surface area contributed by atoms with E-state index in [9.17, 15) is 34.5 Å². The Bertz CT molecular complexity index is 1370. The van der Waals surface area contributed by atoms with E-state index in [-0.39, 0.29) is 70.8 Å². The zero-order valence-corrected chi connectivity index (χ0v) is 30.7. The molecule has 11 nitrogen and oxygen atoms in total. The summed E-state index contributed by atoms with van der Waals surface area (Å²) in [5, 5.41) is 41.3. The summed E-state index contributed by atoms with van der Waals surface area (Å²) in [5.41, 5.74) is -1.61. The molecular formula is C38H61N3O8. The number of amides is 3. The summed E-state index contributed by atoms with van der Waals surface area (Å²) in [7, 11) is 1.43. The van der Waals surface area contributed by atoms with Crippen molar-refractivity contribution in [3.63, 3.8) is 0 Å². The Kier molecular flexibility index (Phi) is 10.2. The molecule has 0 aliphatic heterocycles. The second-order valence-electron chi connectivity index (χ2n) is 17.5. The number of aliphatic hydroxyl groups is 3. The molecular weight excluding hydrogens is 626 g/mol. The van der Waals surface area contributed by atoms with E-state index in [2.05, 4.69) is 42.8 Å². The Hall–Kier alpha value is -2.50. The fourth-order valence-corrected chi connectivity index (χ4v) is 12.0. The lowest BCUT2D eigenvalue weighted by Crippen LogP contribution is -2.68. The molecule has 3 unspecified atom stereocenters. The first-order valence-electron chi connectivity index (χ1n) is 18.4. The molecule has 0 aromatic carbocycles. The summed E-state index contributed by atoms with van der Waals surface area (Å²) >= 11 is 0. The van der Waals surface area contributed by atoms with Gasteiger partial charge in [0.05, 0.1) is 43.3 Å². The third-order valence-electron chi connectivity index (χ3n) is 15.1. The third-order valence-corrected chi connectivity index (χ3v) is 15.1. The van der Waals surface area contributed by atoms with Crippen LogP contribution in [0.1, 0.15) is 106 Å². The monoisotopic (exact) mass is 687 g/mol. The Morgan fingerprint density at radius 1 is 0.898 bits per heavy atom. The van der Waals surface area contributed by atoms with Gasteiger partial charge in [0.1, 0.15) is 0 Å². The molecule has 5 aliphatic rings. The molecule has 4 saturated carbocycles. The van der Waals surface area contributed by atoms with Crippen molar-refractivity contribution in [3.05, 3.63) is 11.6 Å². The number of esters is 1. The molecule has 0 aromatic heterocycles. The minimum atomic E-state index is -0.975. The van der Waals surface area contributed by atoms with Gasteiger partial charge in [0, 0.05) is 25.4 Å². The van der Waals surface area contributed by atoms with Crippen LogP contribution in [0.15, 0.2) is 11.6 Å². The number of hydrogen-bond donors (Lipinski definition) is 6. The lowest BCUT2D eigenvalue weighted by Gasteiger charge is -2.71. The second-order valence-corrected chi connectivity index (χ2v) is 17.5. The summed E-state index contributed by atoms with van der Waals surface area (Å²) in [4.78, 5) is 50.7. The number of nitrogens with one attached hydrogen (secondary N) is 3. The van der Waals surface area contributed by atoms with Crippen LogP contribution in [-0.2, 0) is 23.9 Å². The van der Waals surface area contributed by atoms with Crippen LogP contribution in [0.4, 0.5) is 0 Å². The SMILES string of the molecule is COC(=O)[C@@]1(C)CC[C@]2(C(=O)NCCCNC(=O)CNC(C)=O)CC[C@]3(C)C(=CCC4[C@@]5(C)C[C@H](O)[C@H](O)[C@@](C)(CO)C5CC[C@]43C)C2C1. The zero-order chi connectivity index (χ0) is 36.2. The van der Waals surface area contributed by atoms with Crippen LogP contribution in [0.2, 0.25) is 0 Å². The number of carbonyl (C=O) groups is 4. The van der Waals surface area contributed by atoms with Gasteiger partial charge >= 0.3 is 5.97 Å². The summed E-state index contributed by atoms with van der Waals surface area (Å²) in [6.07, 6.45) is 7.24. The van der Waals surface area contributed by atoms with Gasteiger partial charge in [-0.05, 0) is 105 Å². The van der Waals surface area contributed by atoms with Crippen LogP contribution in [0.3, 0.4) is 0 Å². The fourth-order valence-electron chi connectivity index (χ4n) is 12.0. The molecule has 11 heteroatoms. The first-order valence-corrected chi connectivity index (χ1v) is 18.4. The highest BCUT2D eigenvalue weighted by Gasteiger charge is 2.71. The summed E-state index contributed by atoms with van der Waals surface area (Å²) in [6, 6.07) is 0. The van der Waals surface area contributed by atoms with E-state index in [0.29, 0.717) is 51.6 Å². The van der Waals surface area contributed by atoms with E-state index in [1.54, 1.807) is 0 Å². The molecule has 0 spiro atoms. The normalized spacial score (nSPS) is 44.1. The lowest BCUT2D eigenvalue weighted by atomic mass is 9.33. The van der Waals surface area contributed by atoms with Gasteiger partial charge in [0.25, 0.3) is 0 Å². The highest BCUT2D eigenvalue weighted by atomic mass is 16.5. The molecule has 49 heavy (non-hydrogen) atoms. The summed E-state index contributed by atoms with van der Waals surface area (Å²) in [6.45, 7) is 12.8. The largest absolute Gasteiger partial charge is 0.469 e. The quantitative estimate of drug-likeness (QED) is 0.122. The Balaban J connectivity index is 1.43. The Morgan fingerprint density at radius 3 is 2.22 bits per heavy atom. The molecule has 3 amide bonds. The van der Waals surface area contributed by atoms with E-state index in [1.165, 1.54) is 19.6 Å². The first kappa shape index (κ1) is 37.7. The number of rotatable bonds is 9. The van der Waals surface area contributed by atoms with Gasteiger partial charge < -0.3 is 36.0 Å². The zero-order valence-electron chi connectivity index (χ0n) is 30.7. The third kappa shape index (κ3) is 5.83. The molecule has 0 bridgehead atoms. The van der Waals surface area contributed by atoms with E-state index in [0.717, 1.165) is 25.7 Å². The van der Waals surface area contributed by atoms with Crippen LogP contribution in [-0.4, -0.2) is 84.6 Å². The van der Waals surface area contributed by atoms with Crippen molar-refractivity contribution < 1.29 is 39.2 Å². The van der Waals surface area contributed by atoms with Gasteiger partial charge in [-0.15, -0.1) is 0 Å². The van der Waals surface area contributed by atoms with Gasteiger partial charge in [-0.3, -0.25) is 19.2 Å². The van der Waals surface area contributed by atoms with Crippen LogP contribution >= 0.6 is 0 Å². The summed E-state index contributed by atoms with van der Waals surface area (Å²) < 4.78 is 5.31. The minimum Gasteiger partial charge on any atom is -0.469 e. The minimum absolute atomic E-state index is 0.00277. The predicted molar refractivity (Wildman–Crippen MR) is 184 cm³/mol. The maximum atomic E-state index is 14.4. The molecule has 0 saturated heterocycles. The van der Waals surface area contributed by atoms with Gasteiger partial charge in [-0.25, -0.2) is 0 Å². The second kappa shape index (κ2) is 13.2. The average Bonchev–Trinajstić information content (AvgIpc) is 3.05. The van der Waals surface area contributed by atoms with Crippen molar-refractivity contribution in [1.29, 1.82) is 0 Å². The molecule has 0 heterocycles. The van der Waals surface area contributed by atoms with Crippen LogP contribution in [0, 0.1) is 50.2 Å². The highest BCUT2D eigenvalue weighted by molar-refractivity contribution is 5.85.